The maximum absolute atomic E-state index is 11.6. The SMILES string of the molecule is Nc1n[nH]c(C(=O)Nc2ccncc2Br)n1. The number of aromatic nitrogens is 4. The van der Waals surface area contributed by atoms with Crippen LogP contribution in [0.5, 0.6) is 0 Å². The summed E-state index contributed by atoms with van der Waals surface area (Å²) in [4.78, 5) is 19.2. The van der Waals surface area contributed by atoms with Gasteiger partial charge in [0.1, 0.15) is 0 Å². The van der Waals surface area contributed by atoms with E-state index < -0.39 is 5.91 Å². The third kappa shape index (κ3) is 2.16. The summed E-state index contributed by atoms with van der Waals surface area (Å²) >= 11 is 3.25. The van der Waals surface area contributed by atoms with Crippen LogP contribution >= 0.6 is 15.9 Å². The number of carbonyl (C=O) groups excluding carboxylic acids is 1. The van der Waals surface area contributed by atoms with Crippen molar-refractivity contribution in [3.8, 4) is 0 Å². The summed E-state index contributed by atoms with van der Waals surface area (Å²) in [6, 6.07) is 1.65. The maximum atomic E-state index is 11.6. The second-order valence-electron chi connectivity index (χ2n) is 2.85. The van der Waals surface area contributed by atoms with Crippen LogP contribution in [-0.4, -0.2) is 26.1 Å². The third-order valence-electron chi connectivity index (χ3n) is 1.74. The highest BCUT2D eigenvalue weighted by atomic mass is 79.9. The lowest BCUT2D eigenvalue weighted by molar-refractivity contribution is 0.101. The highest BCUT2D eigenvalue weighted by Crippen LogP contribution is 2.20. The summed E-state index contributed by atoms with van der Waals surface area (Å²) in [7, 11) is 0. The van der Waals surface area contributed by atoms with Crippen LogP contribution in [0.15, 0.2) is 22.9 Å². The number of hydrogen-bond acceptors (Lipinski definition) is 5. The van der Waals surface area contributed by atoms with E-state index in [1.807, 2.05) is 0 Å². The molecule has 2 heterocycles. The monoisotopic (exact) mass is 282 g/mol. The van der Waals surface area contributed by atoms with Gasteiger partial charge in [-0.25, -0.2) is 0 Å². The Hall–Kier alpha value is -1.96. The number of anilines is 2. The zero-order valence-electron chi connectivity index (χ0n) is 7.94. The van der Waals surface area contributed by atoms with E-state index in [9.17, 15) is 4.79 Å². The Kier molecular flexibility index (Phi) is 2.82. The first kappa shape index (κ1) is 10.6. The summed E-state index contributed by atoms with van der Waals surface area (Å²) < 4.78 is 0.677. The zero-order chi connectivity index (χ0) is 11.5. The van der Waals surface area contributed by atoms with Crippen molar-refractivity contribution in [1.82, 2.24) is 20.2 Å². The Bertz CT molecular complexity index is 525. The fourth-order valence-corrected chi connectivity index (χ4v) is 1.38. The largest absolute Gasteiger partial charge is 0.366 e. The Balaban J connectivity index is 2.17. The molecule has 1 amide bonds. The van der Waals surface area contributed by atoms with Crippen molar-refractivity contribution in [2.45, 2.75) is 0 Å². The third-order valence-corrected chi connectivity index (χ3v) is 2.37. The summed E-state index contributed by atoms with van der Waals surface area (Å²) in [5.74, 6) is -0.337. The molecule has 82 valence electrons. The van der Waals surface area contributed by atoms with Crippen LogP contribution < -0.4 is 11.1 Å². The zero-order valence-corrected chi connectivity index (χ0v) is 9.52. The molecule has 0 fully saturated rings. The van der Waals surface area contributed by atoms with Crippen LogP contribution in [0.2, 0.25) is 0 Å². The normalized spacial score (nSPS) is 10.1. The van der Waals surface area contributed by atoms with E-state index in [0.717, 1.165) is 0 Å². The average Bonchev–Trinajstić information content (AvgIpc) is 2.68. The minimum Gasteiger partial charge on any atom is -0.366 e. The maximum Gasteiger partial charge on any atom is 0.293 e. The number of aromatic amines is 1. The van der Waals surface area contributed by atoms with Crippen LogP contribution in [0.1, 0.15) is 10.6 Å². The van der Waals surface area contributed by atoms with Gasteiger partial charge in [0.05, 0.1) is 10.2 Å². The van der Waals surface area contributed by atoms with E-state index >= 15 is 0 Å². The topological polar surface area (TPSA) is 110 Å². The van der Waals surface area contributed by atoms with E-state index in [1.54, 1.807) is 18.5 Å². The van der Waals surface area contributed by atoms with Crippen molar-refractivity contribution in [3.05, 3.63) is 28.8 Å². The lowest BCUT2D eigenvalue weighted by Crippen LogP contribution is -2.14. The molecule has 0 bridgehead atoms. The number of carbonyl (C=O) groups is 1. The van der Waals surface area contributed by atoms with Gasteiger partial charge >= 0.3 is 0 Å². The van der Waals surface area contributed by atoms with Crippen LogP contribution in [0.4, 0.5) is 11.6 Å². The molecule has 0 aliphatic carbocycles. The van der Waals surface area contributed by atoms with Crippen LogP contribution in [0, 0.1) is 0 Å². The second kappa shape index (κ2) is 4.27. The van der Waals surface area contributed by atoms with Crippen molar-refractivity contribution >= 4 is 33.5 Å². The lowest BCUT2D eigenvalue weighted by atomic mass is 10.4. The first-order chi connectivity index (χ1) is 7.66. The number of nitrogens with two attached hydrogens (primary N) is 1. The number of rotatable bonds is 2. The Labute approximate surface area is 98.6 Å². The number of nitrogens with one attached hydrogen (secondary N) is 2. The molecular weight excluding hydrogens is 276 g/mol. The lowest BCUT2D eigenvalue weighted by Gasteiger charge is -2.03. The molecule has 0 aliphatic heterocycles. The minimum atomic E-state index is -0.420. The van der Waals surface area contributed by atoms with Crippen molar-refractivity contribution in [3.63, 3.8) is 0 Å². The molecule has 0 aromatic carbocycles. The van der Waals surface area contributed by atoms with Gasteiger partial charge in [-0.1, -0.05) is 0 Å². The van der Waals surface area contributed by atoms with Gasteiger partial charge in [0.15, 0.2) is 0 Å². The Morgan fingerprint density at radius 3 is 3.00 bits per heavy atom. The first-order valence-corrected chi connectivity index (χ1v) is 5.05. The number of halogens is 1. The standard InChI is InChI=1S/C8H7BrN6O/c9-4-3-11-2-1-5(4)12-7(16)6-13-8(10)15-14-6/h1-3H,(H,11,12,16)(H3,10,13,14,15). The highest BCUT2D eigenvalue weighted by molar-refractivity contribution is 9.10. The van der Waals surface area contributed by atoms with Crippen LogP contribution in [0.3, 0.4) is 0 Å². The van der Waals surface area contributed by atoms with Gasteiger partial charge in [-0.15, -0.1) is 5.10 Å². The van der Waals surface area contributed by atoms with Gasteiger partial charge in [0.25, 0.3) is 5.91 Å². The number of nitrogen functional groups attached to an aromatic ring is 1. The molecule has 16 heavy (non-hydrogen) atoms. The number of pyridine rings is 1. The summed E-state index contributed by atoms with van der Waals surface area (Å²) in [5, 5.41) is 8.60. The predicted octanol–water partition coefficient (Wildman–Crippen LogP) is 0.797. The second-order valence-corrected chi connectivity index (χ2v) is 3.71. The number of nitrogens with zero attached hydrogens (tertiary/aromatic N) is 3. The van der Waals surface area contributed by atoms with Gasteiger partial charge in [-0.05, 0) is 22.0 Å². The van der Waals surface area contributed by atoms with E-state index in [-0.39, 0.29) is 11.8 Å². The molecular formula is C8H7BrN6O. The number of H-pyrrole nitrogens is 1. The molecule has 8 heteroatoms. The Morgan fingerprint density at radius 1 is 1.56 bits per heavy atom. The molecule has 0 saturated carbocycles. The molecule has 4 N–H and O–H groups in total. The van der Waals surface area contributed by atoms with Crippen molar-refractivity contribution in [2.75, 3.05) is 11.1 Å². The van der Waals surface area contributed by atoms with Crippen molar-refractivity contribution in [1.29, 1.82) is 0 Å². The van der Waals surface area contributed by atoms with Gasteiger partial charge in [0, 0.05) is 12.4 Å². The van der Waals surface area contributed by atoms with Gasteiger partial charge in [-0.2, -0.15) is 4.98 Å². The van der Waals surface area contributed by atoms with Crippen LogP contribution in [-0.2, 0) is 0 Å². The van der Waals surface area contributed by atoms with E-state index in [1.165, 1.54) is 0 Å². The summed E-state index contributed by atoms with van der Waals surface area (Å²) in [6.07, 6.45) is 3.14. The summed E-state index contributed by atoms with van der Waals surface area (Å²) in [5.41, 5.74) is 5.88. The van der Waals surface area contributed by atoms with Crippen molar-refractivity contribution in [2.24, 2.45) is 0 Å². The quantitative estimate of drug-likeness (QED) is 0.755. The molecule has 0 atom stereocenters. The van der Waals surface area contributed by atoms with Gasteiger partial charge in [-0.3, -0.25) is 14.9 Å². The fourth-order valence-electron chi connectivity index (χ4n) is 1.03. The Morgan fingerprint density at radius 2 is 2.38 bits per heavy atom. The van der Waals surface area contributed by atoms with E-state index in [4.69, 9.17) is 5.73 Å². The van der Waals surface area contributed by atoms with Crippen molar-refractivity contribution < 1.29 is 4.79 Å². The predicted molar refractivity (Wildman–Crippen MR) is 60.7 cm³/mol. The highest BCUT2D eigenvalue weighted by Gasteiger charge is 2.11. The van der Waals surface area contributed by atoms with Crippen LogP contribution in [0.25, 0.3) is 0 Å². The van der Waals surface area contributed by atoms with Gasteiger partial charge < -0.3 is 11.1 Å². The summed E-state index contributed by atoms with van der Waals surface area (Å²) in [6.45, 7) is 0. The molecule has 0 spiro atoms. The van der Waals surface area contributed by atoms with E-state index in [2.05, 4.69) is 41.4 Å². The molecule has 0 aliphatic rings. The smallest absolute Gasteiger partial charge is 0.293 e. The average molecular weight is 283 g/mol. The number of hydrogen-bond donors (Lipinski definition) is 3. The molecule has 0 saturated heterocycles. The number of amides is 1. The van der Waals surface area contributed by atoms with E-state index in [0.29, 0.717) is 10.2 Å². The molecule has 0 unspecified atom stereocenters. The molecule has 2 rings (SSSR count). The molecule has 2 aromatic heterocycles. The first-order valence-electron chi connectivity index (χ1n) is 4.25. The molecule has 7 nitrogen and oxygen atoms in total. The molecule has 2 aromatic rings. The van der Waals surface area contributed by atoms with Gasteiger partial charge in [0.2, 0.25) is 11.8 Å². The fraction of sp³-hybridized carbons (Fsp3) is 0. The molecule has 0 radical (unpaired) electrons. The minimum absolute atomic E-state index is 0.0268.